The maximum absolute atomic E-state index is 12.0. The number of Topliss-reactive ketones (excluding diaryl/α,β-unsaturated/α-hetero) is 1. The van der Waals surface area contributed by atoms with Crippen LogP contribution in [-0.2, 0) is 9.53 Å². The van der Waals surface area contributed by atoms with Crippen molar-refractivity contribution in [2.24, 2.45) is 17.3 Å². The molecule has 0 amide bonds. The van der Waals surface area contributed by atoms with Gasteiger partial charge in [0.05, 0.1) is 18.1 Å². The highest BCUT2D eigenvalue weighted by Crippen LogP contribution is 2.68. The highest BCUT2D eigenvalue weighted by Gasteiger charge is 2.77. The van der Waals surface area contributed by atoms with Crippen molar-refractivity contribution in [2.45, 2.75) is 63.9 Å². The molecule has 0 bridgehead atoms. The number of ketones is 1. The third kappa shape index (κ3) is 1.24. The molecule has 0 aromatic heterocycles. The minimum Gasteiger partial charge on any atom is -0.392 e. The van der Waals surface area contributed by atoms with E-state index in [0.717, 1.165) is 6.42 Å². The Morgan fingerprint density at radius 3 is 2.61 bits per heavy atom. The van der Waals surface area contributed by atoms with Gasteiger partial charge in [0.25, 0.3) is 0 Å². The van der Waals surface area contributed by atoms with Gasteiger partial charge in [0, 0.05) is 5.41 Å². The van der Waals surface area contributed by atoms with Gasteiger partial charge in [0.2, 0.25) is 0 Å². The highest BCUT2D eigenvalue weighted by molar-refractivity contribution is 5.80. The summed E-state index contributed by atoms with van der Waals surface area (Å²) in [5.41, 5.74) is -0.722. The number of aliphatic hydroxyl groups is 2. The topological polar surface area (TPSA) is 70.1 Å². The Labute approximate surface area is 107 Å². The zero-order chi connectivity index (χ0) is 13.3. The zero-order valence-electron chi connectivity index (χ0n) is 11.2. The summed E-state index contributed by atoms with van der Waals surface area (Å²) in [5, 5.41) is 20.3. The molecule has 18 heavy (non-hydrogen) atoms. The number of carbonyl (C=O) groups is 1. The van der Waals surface area contributed by atoms with Gasteiger partial charge in [-0.25, -0.2) is 0 Å². The van der Waals surface area contributed by atoms with Crippen LogP contribution < -0.4 is 0 Å². The molecule has 7 atom stereocenters. The molecule has 4 heteroatoms. The summed E-state index contributed by atoms with van der Waals surface area (Å²) < 4.78 is 5.87. The van der Waals surface area contributed by atoms with Crippen LogP contribution in [0.4, 0.5) is 0 Å². The first kappa shape index (κ1) is 12.6. The van der Waals surface area contributed by atoms with Crippen LogP contribution in [0.3, 0.4) is 0 Å². The molecule has 2 N–H and O–H groups in total. The van der Waals surface area contributed by atoms with Gasteiger partial charge >= 0.3 is 0 Å². The summed E-state index contributed by atoms with van der Waals surface area (Å²) in [6.07, 6.45) is 0.875. The summed E-state index contributed by atoms with van der Waals surface area (Å²) in [6.45, 7) is 5.70. The quantitative estimate of drug-likeness (QED) is 0.682. The van der Waals surface area contributed by atoms with E-state index in [1.807, 2.05) is 0 Å². The number of carbonyl (C=O) groups excluding carboxylic acids is 1. The minimum absolute atomic E-state index is 0.0431. The van der Waals surface area contributed by atoms with E-state index < -0.39 is 12.2 Å². The fourth-order valence-corrected chi connectivity index (χ4v) is 4.83. The van der Waals surface area contributed by atoms with Crippen molar-refractivity contribution in [1.82, 2.24) is 0 Å². The maximum atomic E-state index is 12.0. The van der Waals surface area contributed by atoms with E-state index in [0.29, 0.717) is 12.8 Å². The second-order valence-electron chi connectivity index (χ2n) is 6.61. The highest BCUT2D eigenvalue weighted by atomic mass is 16.6. The van der Waals surface area contributed by atoms with Crippen LogP contribution in [0.15, 0.2) is 0 Å². The van der Waals surface area contributed by atoms with Crippen LogP contribution in [0, 0.1) is 17.3 Å². The van der Waals surface area contributed by atoms with Crippen molar-refractivity contribution >= 4 is 5.78 Å². The summed E-state index contributed by atoms with van der Waals surface area (Å²) in [5.74, 6) is -0.143. The van der Waals surface area contributed by atoms with Crippen molar-refractivity contribution in [2.75, 3.05) is 0 Å². The van der Waals surface area contributed by atoms with Gasteiger partial charge in [-0.3, -0.25) is 4.79 Å². The fraction of sp³-hybridized carbons (Fsp3) is 0.929. The lowest BCUT2D eigenvalue weighted by Gasteiger charge is -2.53. The lowest BCUT2D eigenvalue weighted by molar-refractivity contribution is -0.151. The lowest BCUT2D eigenvalue weighted by atomic mass is 9.49. The molecule has 0 unspecified atom stereocenters. The van der Waals surface area contributed by atoms with Crippen molar-refractivity contribution in [3.05, 3.63) is 0 Å². The average molecular weight is 254 g/mol. The van der Waals surface area contributed by atoms with Gasteiger partial charge < -0.3 is 14.9 Å². The maximum Gasteiger partial charge on any atom is 0.136 e. The first-order chi connectivity index (χ1) is 8.34. The van der Waals surface area contributed by atoms with Gasteiger partial charge in [-0.1, -0.05) is 13.8 Å². The summed E-state index contributed by atoms with van der Waals surface area (Å²) in [6, 6.07) is 0. The number of ether oxygens (including phenoxy) is 1. The third-order valence-corrected chi connectivity index (χ3v) is 5.90. The predicted octanol–water partition coefficient (Wildman–Crippen LogP) is 0.891. The molecule has 1 saturated heterocycles. The monoisotopic (exact) mass is 254 g/mol. The van der Waals surface area contributed by atoms with E-state index in [1.165, 1.54) is 0 Å². The first-order valence-electron chi connectivity index (χ1n) is 6.89. The average Bonchev–Trinajstić information content (AvgIpc) is 2.99. The normalized spacial score (nSPS) is 58.6. The number of epoxide rings is 1. The predicted molar refractivity (Wildman–Crippen MR) is 64.9 cm³/mol. The second kappa shape index (κ2) is 3.56. The van der Waals surface area contributed by atoms with Crippen molar-refractivity contribution < 1.29 is 19.7 Å². The summed E-state index contributed by atoms with van der Waals surface area (Å²) in [4.78, 5) is 12.0. The second-order valence-corrected chi connectivity index (χ2v) is 6.61. The molecule has 3 aliphatic rings. The number of aliphatic hydroxyl groups excluding tert-OH is 2. The van der Waals surface area contributed by atoms with Crippen LogP contribution in [0.2, 0.25) is 0 Å². The van der Waals surface area contributed by atoms with Crippen molar-refractivity contribution in [3.8, 4) is 0 Å². The summed E-state index contributed by atoms with van der Waals surface area (Å²) >= 11 is 0. The van der Waals surface area contributed by atoms with Crippen LogP contribution in [0.5, 0.6) is 0 Å². The Bertz CT molecular complexity index is 395. The van der Waals surface area contributed by atoms with E-state index >= 15 is 0 Å². The molecule has 2 saturated carbocycles. The van der Waals surface area contributed by atoms with Gasteiger partial charge in [0.1, 0.15) is 17.5 Å². The van der Waals surface area contributed by atoms with Gasteiger partial charge in [-0.2, -0.15) is 0 Å². The van der Waals surface area contributed by atoms with Gasteiger partial charge in [0.15, 0.2) is 0 Å². The Balaban J connectivity index is 2.05. The molecule has 1 heterocycles. The molecule has 3 rings (SSSR count). The fourth-order valence-electron chi connectivity index (χ4n) is 4.83. The van der Waals surface area contributed by atoms with E-state index in [1.54, 1.807) is 6.92 Å². The lowest BCUT2D eigenvalue weighted by Crippen LogP contribution is -2.61. The van der Waals surface area contributed by atoms with Crippen LogP contribution in [0.25, 0.3) is 0 Å². The molecule has 102 valence electrons. The molecule has 0 radical (unpaired) electrons. The van der Waals surface area contributed by atoms with E-state index in [9.17, 15) is 15.0 Å². The van der Waals surface area contributed by atoms with Crippen LogP contribution in [0.1, 0.15) is 40.0 Å². The summed E-state index contributed by atoms with van der Waals surface area (Å²) in [7, 11) is 0. The molecule has 1 aliphatic heterocycles. The standard InChI is InChI=1S/C14H22O4/c1-7-6-10(17)12-14(18-12)5-4-9(16)11(8(2)15)13(7,14)3/h7,9-12,16-17H,4-6H2,1-3H3/t7-,9+,10-,11-,12-,13-,14-/m1/s1. The largest absolute Gasteiger partial charge is 0.392 e. The van der Waals surface area contributed by atoms with Crippen molar-refractivity contribution in [3.63, 3.8) is 0 Å². The van der Waals surface area contributed by atoms with E-state index in [-0.39, 0.29) is 34.7 Å². The minimum atomic E-state index is -0.569. The molecule has 3 fully saturated rings. The molecule has 0 aromatic carbocycles. The van der Waals surface area contributed by atoms with E-state index in [2.05, 4.69) is 13.8 Å². The number of rotatable bonds is 1. The number of hydrogen-bond acceptors (Lipinski definition) is 4. The molecule has 1 spiro atoms. The molecule has 0 aromatic rings. The van der Waals surface area contributed by atoms with Gasteiger partial charge in [-0.05, 0) is 32.1 Å². The molecular weight excluding hydrogens is 232 g/mol. The van der Waals surface area contributed by atoms with Crippen LogP contribution >= 0.6 is 0 Å². The molecule has 4 nitrogen and oxygen atoms in total. The Morgan fingerprint density at radius 2 is 2.00 bits per heavy atom. The Morgan fingerprint density at radius 1 is 1.33 bits per heavy atom. The molecule has 2 aliphatic carbocycles. The smallest absolute Gasteiger partial charge is 0.136 e. The third-order valence-electron chi connectivity index (χ3n) is 5.90. The Kier molecular flexibility index (Phi) is 2.48. The van der Waals surface area contributed by atoms with Crippen molar-refractivity contribution in [1.29, 1.82) is 0 Å². The first-order valence-corrected chi connectivity index (χ1v) is 6.89. The van der Waals surface area contributed by atoms with Crippen LogP contribution in [-0.4, -0.2) is 39.9 Å². The van der Waals surface area contributed by atoms with Gasteiger partial charge in [-0.15, -0.1) is 0 Å². The number of hydrogen-bond donors (Lipinski definition) is 2. The SMILES string of the molecule is CC(=O)[C@@H]1[C@@H](O)CC[C@@]23O[C@@H]2[C@H](O)C[C@@H](C)[C@]13C. The zero-order valence-corrected chi connectivity index (χ0v) is 11.2. The molecular formula is C14H22O4. The Hall–Kier alpha value is -0.450. The van der Waals surface area contributed by atoms with E-state index in [4.69, 9.17) is 4.74 Å².